The number of carbonyl (C=O) groups is 1. The SMILES string of the molecule is CN1C2CCC1CC1(C2)OC=C(c2ccccc2)C1=O.Cl. The maximum atomic E-state index is 12.9. The van der Waals surface area contributed by atoms with Crippen LogP contribution in [0.1, 0.15) is 31.2 Å². The highest BCUT2D eigenvalue weighted by atomic mass is 35.5. The van der Waals surface area contributed by atoms with E-state index in [0.717, 1.165) is 24.0 Å². The first-order valence-corrected chi connectivity index (χ1v) is 7.40. The zero-order valence-electron chi connectivity index (χ0n) is 12.1. The van der Waals surface area contributed by atoms with Crippen molar-refractivity contribution in [2.75, 3.05) is 7.05 Å². The van der Waals surface area contributed by atoms with Gasteiger partial charge < -0.3 is 9.64 Å². The fourth-order valence-electron chi connectivity index (χ4n) is 4.05. The molecule has 21 heavy (non-hydrogen) atoms. The van der Waals surface area contributed by atoms with Gasteiger partial charge in [-0.3, -0.25) is 4.79 Å². The molecule has 0 aromatic heterocycles. The van der Waals surface area contributed by atoms with Gasteiger partial charge in [0.2, 0.25) is 5.78 Å². The van der Waals surface area contributed by atoms with Crippen molar-refractivity contribution in [2.24, 2.45) is 0 Å². The van der Waals surface area contributed by atoms with Crippen LogP contribution in [-0.2, 0) is 9.53 Å². The van der Waals surface area contributed by atoms with Crippen LogP contribution in [0.2, 0.25) is 0 Å². The third-order valence-corrected chi connectivity index (χ3v) is 5.26. The van der Waals surface area contributed by atoms with Crippen LogP contribution < -0.4 is 0 Å². The van der Waals surface area contributed by atoms with Crippen molar-refractivity contribution in [2.45, 2.75) is 43.4 Å². The molecule has 112 valence electrons. The molecule has 0 aliphatic carbocycles. The first-order chi connectivity index (χ1) is 9.70. The van der Waals surface area contributed by atoms with E-state index in [-0.39, 0.29) is 18.2 Å². The molecular formula is C17H20ClNO2. The van der Waals surface area contributed by atoms with Crippen molar-refractivity contribution in [1.29, 1.82) is 0 Å². The Balaban J connectivity index is 0.00000132. The van der Waals surface area contributed by atoms with E-state index >= 15 is 0 Å². The maximum Gasteiger partial charge on any atom is 0.210 e. The maximum absolute atomic E-state index is 12.9. The molecule has 3 aliphatic heterocycles. The molecule has 2 saturated heterocycles. The van der Waals surface area contributed by atoms with Crippen molar-refractivity contribution in [3.05, 3.63) is 42.2 Å². The minimum atomic E-state index is -0.580. The number of hydrogen-bond donors (Lipinski definition) is 0. The van der Waals surface area contributed by atoms with Gasteiger partial charge in [-0.05, 0) is 25.5 Å². The van der Waals surface area contributed by atoms with E-state index in [1.54, 1.807) is 6.26 Å². The molecule has 2 atom stereocenters. The van der Waals surface area contributed by atoms with Gasteiger partial charge in [0.15, 0.2) is 5.60 Å². The van der Waals surface area contributed by atoms with E-state index in [9.17, 15) is 4.79 Å². The van der Waals surface area contributed by atoms with Crippen LogP contribution in [0.3, 0.4) is 0 Å². The standard InChI is InChI=1S/C17H19NO2.ClH/c1-18-13-7-8-14(18)10-17(9-13)16(19)15(11-20-17)12-5-3-2-4-6-12;/h2-6,11,13-14H,7-10H2,1H3;1H. The molecular weight excluding hydrogens is 286 g/mol. The van der Waals surface area contributed by atoms with Crippen LogP contribution in [0.15, 0.2) is 36.6 Å². The van der Waals surface area contributed by atoms with Crippen LogP contribution >= 0.6 is 12.4 Å². The minimum absolute atomic E-state index is 0. The third kappa shape index (κ3) is 2.11. The van der Waals surface area contributed by atoms with Crippen molar-refractivity contribution < 1.29 is 9.53 Å². The summed E-state index contributed by atoms with van der Waals surface area (Å²) in [5.74, 6) is 0.189. The summed E-state index contributed by atoms with van der Waals surface area (Å²) in [6.45, 7) is 0. The second-order valence-electron chi connectivity index (χ2n) is 6.30. The van der Waals surface area contributed by atoms with Crippen molar-refractivity contribution in [3.8, 4) is 0 Å². The molecule has 4 heteroatoms. The Labute approximate surface area is 131 Å². The average molecular weight is 306 g/mol. The number of Topliss-reactive ketones (excluding diaryl/α,β-unsaturated/α-hetero) is 1. The quantitative estimate of drug-likeness (QED) is 0.799. The molecule has 0 amide bonds. The van der Waals surface area contributed by atoms with E-state index < -0.39 is 5.60 Å². The van der Waals surface area contributed by atoms with Gasteiger partial charge in [0.05, 0.1) is 11.8 Å². The number of carbonyl (C=O) groups excluding carboxylic acids is 1. The van der Waals surface area contributed by atoms with E-state index in [1.165, 1.54) is 12.8 Å². The lowest BCUT2D eigenvalue weighted by atomic mass is 9.80. The predicted octanol–water partition coefficient (Wildman–Crippen LogP) is 3.04. The molecule has 3 heterocycles. The molecule has 3 aliphatic rings. The van der Waals surface area contributed by atoms with Gasteiger partial charge in [-0.25, -0.2) is 0 Å². The van der Waals surface area contributed by atoms with Gasteiger partial charge in [0, 0.05) is 24.9 Å². The van der Waals surface area contributed by atoms with E-state index in [0.29, 0.717) is 12.1 Å². The summed E-state index contributed by atoms with van der Waals surface area (Å²) in [6, 6.07) is 10.9. The van der Waals surface area contributed by atoms with E-state index in [1.807, 2.05) is 30.3 Å². The van der Waals surface area contributed by atoms with Gasteiger partial charge in [-0.1, -0.05) is 30.3 Å². The monoisotopic (exact) mass is 305 g/mol. The van der Waals surface area contributed by atoms with Crippen LogP contribution in [0, 0.1) is 0 Å². The van der Waals surface area contributed by atoms with E-state index in [2.05, 4.69) is 11.9 Å². The van der Waals surface area contributed by atoms with Crippen molar-refractivity contribution >= 4 is 23.8 Å². The molecule has 2 bridgehead atoms. The van der Waals surface area contributed by atoms with Crippen LogP contribution in [0.4, 0.5) is 0 Å². The number of ether oxygens (including phenoxy) is 1. The van der Waals surface area contributed by atoms with Crippen molar-refractivity contribution in [3.63, 3.8) is 0 Å². The van der Waals surface area contributed by atoms with Gasteiger partial charge in [-0.15, -0.1) is 12.4 Å². The third-order valence-electron chi connectivity index (χ3n) is 5.26. The Morgan fingerprint density at radius 2 is 1.76 bits per heavy atom. The Morgan fingerprint density at radius 1 is 1.14 bits per heavy atom. The molecule has 2 unspecified atom stereocenters. The smallest absolute Gasteiger partial charge is 0.210 e. The molecule has 1 spiro atoms. The zero-order chi connectivity index (χ0) is 13.7. The molecule has 2 fully saturated rings. The fourth-order valence-corrected chi connectivity index (χ4v) is 4.05. The van der Waals surface area contributed by atoms with Crippen LogP contribution in [0.5, 0.6) is 0 Å². The predicted molar refractivity (Wildman–Crippen MR) is 84.3 cm³/mol. The number of rotatable bonds is 1. The highest BCUT2D eigenvalue weighted by Gasteiger charge is 2.55. The summed E-state index contributed by atoms with van der Waals surface area (Å²) in [5.41, 5.74) is 1.14. The lowest BCUT2D eigenvalue weighted by Gasteiger charge is -2.41. The zero-order valence-corrected chi connectivity index (χ0v) is 12.9. The average Bonchev–Trinajstić information content (AvgIpc) is 2.87. The first kappa shape index (κ1) is 14.6. The largest absolute Gasteiger partial charge is 0.486 e. The minimum Gasteiger partial charge on any atom is -0.486 e. The van der Waals surface area contributed by atoms with Gasteiger partial charge in [0.1, 0.15) is 0 Å². The number of piperidine rings is 1. The Hall–Kier alpha value is -1.32. The molecule has 1 aromatic rings. The number of hydrogen-bond acceptors (Lipinski definition) is 3. The number of ketones is 1. The van der Waals surface area contributed by atoms with Crippen LogP contribution in [0.25, 0.3) is 5.57 Å². The summed E-state index contributed by atoms with van der Waals surface area (Å²) in [6.07, 6.45) is 5.76. The molecule has 1 aromatic carbocycles. The normalized spacial score (nSPS) is 34.5. The van der Waals surface area contributed by atoms with Gasteiger partial charge in [0.25, 0.3) is 0 Å². The lowest BCUT2D eigenvalue weighted by molar-refractivity contribution is -0.135. The number of fused-ring (bicyclic) bond motifs is 2. The van der Waals surface area contributed by atoms with Crippen LogP contribution in [-0.4, -0.2) is 35.4 Å². The molecule has 4 rings (SSSR count). The summed E-state index contributed by atoms with van der Waals surface area (Å²) < 4.78 is 5.95. The molecule has 0 radical (unpaired) electrons. The number of nitrogens with zero attached hydrogens (tertiary/aromatic N) is 1. The Kier molecular flexibility index (Phi) is 3.58. The summed E-state index contributed by atoms with van der Waals surface area (Å²) in [7, 11) is 2.18. The molecule has 0 saturated carbocycles. The second-order valence-corrected chi connectivity index (χ2v) is 6.30. The fraction of sp³-hybridized carbons (Fsp3) is 0.471. The highest BCUT2D eigenvalue weighted by Crippen LogP contribution is 2.46. The van der Waals surface area contributed by atoms with Crippen molar-refractivity contribution in [1.82, 2.24) is 4.90 Å². The highest BCUT2D eigenvalue weighted by molar-refractivity contribution is 6.26. The number of halogens is 1. The Morgan fingerprint density at radius 3 is 2.38 bits per heavy atom. The molecule has 3 nitrogen and oxygen atoms in total. The van der Waals surface area contributed by atoms with E-state index in [4.69, 9.17) is 4.74 Å². The number of benzene rings is 1. The summed E-state index contributed by atoms with van der Waals surface area (Å²) in [5, 5.41) is 0. The topological polar surface area (TPSA) is 29.5 Å². The van der Waals surface area contributed by atoms with Gasteiger partial charge in [-0.2, -0.15) is 0 Å². The second kappa shape index (κ2) is 5.15. The Bertz CT molecular complexity index is 570. The first-order valence-electron chi connectivity index (χ1n) is 7.40. The summed E-state index contributed by atoms with van der Waals surface area (Å²) >= 11 is 0. The molecule has 0 N–H and O–H groups in total. The summed E-state index contributed by atoms with van der Waals surface area (Å²) in [4.78, 5) is 15.3. The van der Waals surface area contributed by atoms with Gasteiger partial charge >= 0.3 is 0 Å². The lowest BCUT2D eigenvalue weighted by Crippen LogP contribution is -2.52.